The van der Waals surface area contributed by atoms with Gasteiger partial charge in [0.25, 0.3) is 0 Å². The summed E-state index contributed by atoms with van der Waals surface area (Å²) in [6.45, 7) is 3.50. The van der Waals surface area contributed by atoms with Crippen LogP contribution in [-0.2, 0) is 16.1 Å². The average Bonchev–Trinajstić information content (AvgIpc) is 2.99. The smallest absolute Gasteiger partial charge is 0.338 e. The number of ether oxygens (including phenoxy) is 1. The van der Waals surface area contributed by atoms with Crippen molar-refractivity contribution < 1.29 is 14.3 Å². The predicted octanol–water partition coefficient (Wildman–Crippen LogP) is 3.29. The van der Waals surface area contributed by atoms with E-state index in [2.05, 4.69) is 15.6 Å². The van der Waals surface area contributed by atoms with Crippen molar-refractivity contribution in [3.8, 4) is 0 Å². The van der Waals surface area contributed by atoms with Crippen molar-refractivity contribution in [3.63, 3.8) is 0 Å². The summed E-state index contributed by atoms with van der Waals surface area (Å²) in [4.78, 5) is 24.4. The molecule has 2 aromatic carbocycles. The van der Waals surface area contributed by atoms with Gasteiger partial charge in [-0.05, 0) is 44.2 Å². The zero-order chi connectivity index (χ0) is 18.7. The first kappa shape index (κ1) is 17.9. The van der Waals surface area contributed by atoms with Crippen molar-refractivity contribution >= 4 is 40.2 Å². The van der Waals surface area contributed by atoms with Crippen LogP contribution in [0.4, 0.5) is 5.69 Å². The van der Waals surface area contributed by atoms with Gasteiger partial charge >= 0.3 is 5.97 Å². The Hall–Kier alpha value is -2.93. The first-order chi connectivity index (χ1) is 12.4. The van der Waals surface area contributed by atoms with E-state index < -0.39 is 5.97 Å². The number of anilines is 1. The molecule has 0 fully saturated rings. The van der Waals surface area contributed by atoms with Gasteiger partial charge in [0.1, 0.15) is 12.1 Å². The Morgan fingerprint density at radius 1 is 1.23 bits per heavy atom. The Morgan fingerprint density at radius 3 is 2.77 bits per heavy atom. The minimum absolute atomic E-state index is 0.0302. The number of hydrogen-bond acceptors (Lipinski definition) is 5. The fourth-order valence-corrected chi connectivity index (χ4v) is 2.55. The summed E-state index contributed by atoms with van der Waals surface area (Å²) < 4.78 is 6.65. The number of carbonyl (C=O) groups excluding carboxylic acids is 2. The molecular formula is C18H17ClN4O3. The largest absolute Gasteiger partial charge is 0.459 e. The molecule has 0 spiro atoms. The van der Waals surface area contributed by atoms with Crippen molar-refractivity contribution in [2.24, 2.45) is 0 Å². The van der Waals surface area contributed by atoms with Gasteiger partial charge in [-0.2, -0.15) is 0 Å². The predicted molar refractivity (Wildman–Crippen MR) is 98.2 cm³/mol. The van der Waals surface area contributed by atoms with Crippen molar-refractivity contribution in [2.45, 2.75) is 26.5 Å². The summed E-state index contributed by atoms with van der Waals surface area (Å²) in [5, 5.41) is 11.0. The number of aromatic nitrogens is 3. The molecule has 3 rings (SSSR count). The molecular weight excluding hydrogens is 356 g/mol. The molecule has 8 heteroatoms. The summed E-state index contributed by atoms with van der Waals surface area (Å²) in [6.07, 6.45) is -0.239. The molecule has 0 atom stereocenters. The minimum Gasteiger partial charge on any atom is -0.459 e. The van der Waals surface area contributed by atoms with Gasteiger partial charge in [0.15, 0.2) is 0 Å². The fraction of sp³-hybridized carbons (Fsp3) is 0.222. The number of nitrogens with one attached hydrogen (secondary N) is 1. The van der Waals surface area contributed by atoms with Crippen LogP contribution in [0, 0.1) is 0 Å². The zero-order valence-electron chi connectivity index (χ0n) is 14.3. The highest BCUT2D eigenvalue weighted by Crippen LogP contribution is 2.24. The second kappa shape index (κ2) is 7.53. The van der Waals surface area contributed by atoms with Crippen molar-refractivity contribution in [3.05, 3.63) is 53.1 Å². The van der Waals surface area contributed by atoms with E-state index in [1.54, 1.807) is 26.0 Å². The van der Waals surface area contributed by atoms with Gasteiger partial charge in [-0.15, -0.1) is 5.10 Å². The Kier molecular flexibility index (Phi) is 5.18. The van der Waals surface area contributed by atoms with E-state index in [0.717, 1.165) is 5.52 Å². The van der Waals surface area contributed by atoms with E-state index >= 15 is 0 Å². The molecule has 1 heterocycles. The van der Waals surface area contributed by atoms with Gasteiger partial charge in [-0.25, -0.2) is 9.48 Å². The van der Waals surface area contributed by atoms with Crippen LogP contribution in [0.2, 0.25) is 5.02 Å². The molecule has 0 aliphatic heterocycles. The standard InChI is InChI=1S/C18H17ClN4O3/c1-11(2)26-18(25)12-7-8-13(19)15(9-12)20-17(24)10-23-16-6-4-3-5-14(16)21-22-23/h3-9,11H,10H2,1-2H3,(H,20,24). The average molecular weight is 373 g/mol. The zero-order valence-corrected chi connectivity index (χ0v) is 15.0. The third kappa shape index (κ3) is 4.00. The maximum Gasteiger partial charge on any atom is 0.338 e. The fourth-order valence-electron chi connectivity index (χ4n) is 2.39. The van der Waals surface area contributed by atoms with Crippen LogP contribution in [0.1, 0.15) is 24.2 Å². The summed E-state index contributed by atoms with van der Waals surface area (Å²) in [5.74, 6) is -0.814. The van der Waals surface area contributed by atoms with Crippen LogP contribution in [0.25, 0.3) is 11.0 Å². The van der Waals surface area contributed by atoms with Gasteiger partial charge in [0.2, 0.25) is 5.91 Å². The monoisotopic (exact) mass is 372 g/mol. The number of benzene rings is 2. The maximum atomic E-state index is 12.4. The topological polar surface area (TPSA) is 86.1 Å². The Morgan fingerprint density at radius 2 is 2.00 bits per heavy atom. The molecule has 1 N–H and O–H groups in total. The molecule has 0 bridgehead atoms. The van der Waals surface area contributed by atoms with E-state index in [-0.39, 0.29) is 18.6 Å². The molecule has 0 aliphatic carbocycles. The van der Waals surface area contributed by atoms with E-state index in [1.165, 1.54) is 10.7 Å². The van der Waals surface area contributed by atoms with Crippen LogP contribution >= 0.6 is 11.6 Å². The van der Waals surface area contributed by atoms with Gasteiger partial charge in [-0.1, -0.05) is 28.9 Å². The van der Waals surface area contributed by atoms with Crippen LogP contribution in [0.5, 0.6) is 0 Å². The van der Waals surface area contributed by atoms with Crippen molar-refractivity contribution in [1.29, 1.82) is 0 Å². The molecule has 0 saturated heterocycles. The third-order valence-electron chi connectivity index (χ3n) is 3.53. The molecule has 0 radical (unpaired) electrons. The molecule has 7 nitrogen and oxygen atoms in total. The van der Waals surface area contributed by atoms with Crippen LogP contribution in [-0.4, -0.2) is 33.0 Å². The highest BCUT2D eigenvalue weighted by molar-refractivity contribution is 6.33. The van der Waals surface area contributed by atoms with Crippen LogP contribution in [0.3, 0.4) is 0 Å². The summed E-state index contributed by atoms with van der Waals surface area (Å²) in [5.41, 5.74) is 2.10. The number of para-hydroxylation sites is 1. The Bertz CT molecular complexity index is 968. The van der Waals surface area contributed by atoms with Gasteiger partial charge in [0.05, 0.1) is 27.9 Å². The summed E-state index contributed by atoms with van der Waals surface area (Å²) >= 11 is 6.13. The van der Waals surface area contributed by atoms with Crippen LogP contribution in [0.15, 0.2) is 42.5 Å². The highest BCUT2D eigenvalue weighted by atomic mass is 35.5. The molecule has 1 amide bonds. The lowest BCUT2D eigenvalue weighted by atomic mass is 10.2. The lowest BCUT2D eigenvalue weighted by molar-refractivity contribution is -0.116. The number of halogens is 1. The first-order valence-electron chi connectivity index (χ1n) is 8.02. The number of rotatable bonds is 5. The van der Waals surface area contributed by atoms with Gasteiger partial charge in [0, 0.05) is 0 Å². The SMILES string of the molecule is CC(C)OC(=O)c1ccc(Cl)c(NC(=O)Cn2nnc3ccccc32)c1. The molecule has 3 aromatic rings. The quantitative estimate of drug-likeness (QED) is 0.694. The van der Waals surface area contributed by atoms with Gasteiger partial charge in [-0.3, -0.25) is 4.79 Å². The van der Waals surface area contributed by atoms with Crippen LogP contribution < -0.4 is 5.32 Å². The molecule has 0 saturated carbocycles. The second-order valence-corrected chi connectivity index (χ2v) is 6.34. The first-order valence-corrected chi connectivity index (χ1v) is 8.40. The lowest BCUT2D eigenvalue weighted by Crippen LogP contribution is -2.20. The number of hydrogen-bond donors (Lipinski definition) is 1. The summed E-state index contributed by atoms with van der Waals surface area (Å²) in [7, 11) is 0. The maximum absolute atomic E-state index is 12.4. The van der Waals surface area contributed by atoms with Crippen molar-refractivity contribution in [2.75, 3.05) is 5.32 Å². The van der Waals surface area contributed by atoms with Crippen molar-refractivity contribution in [1.82, 2.24) is 15.0 Å². The van der Waals surface area contributed by atoms with E-state index in [0.29, 0.717) is 21.8 Å². The normalized spacial score (nSPS) is 10.9. The molecule has 26 heavy (non-hydrogen) atoms. The number of amides is 1. The highest BCUT2D eigenvalue weighted by Gasteiger charge is 2.14. The number of esters is 1. The Balaban J connectivity index is 1.75. The molecule has 0 unspecified atom stereocenters. The van der Waals surface area contributed by atoms with E-state index in [4.69, 9.17) is 16.3 Å². The molecule has 0 aliphatic rings. The number of carbonyl (C=O) groups is 2. The number of nitrogens with zero attached hydrogens (tertiary/aromatic N) is 3. The third-order valence-corrected chi connectivity index (χ3v) is 3.86. The Labute approximate surface area is 154 Å². The van der Waals surface area contributed by atoms with Gasteiger partial charge < -0.3 is 10.1 Å². The van der Waals surface area contributed by atoms with E-state index in [9.17, 15) is 9.59 Å². The molecule has 134 valence electrons. The minimum atomic E-state index is -0.477. The second-order valence-electron chi connectivity index (χ2n) is 5.93. The van der Waals surface area contributed by atoms with E-state index in [1.807, 2.05) is 24.3 Å². The summed E-state index contributed by atoms with van der Waals surface area (Å²) in [6, 6.07) is 11.9. The lowest BCUT2D eigenvalue weighted by Gasteiger charge is -2.11. The molecule has 1 aromatic heterocycles. The number of fused-ring (bicyclic) bond motifs is 1.